The quantitative estimate of drug-likeness (QED) is 0.354. The summed E-state index contributed by atoms with van der Waals surface area (Å²) in [5, 5.41) is 14.2. The second-order valence-corrected chi connectivity index (χ2v) is 11.0. The molecule has 0 spiro atoms. The molecule has 0 radical (unpaired) electrons. The lowest BCUT2D eigenvalue weighted by molar-refractivity contribution is 0.0944. The predicted molar refractivity (Wildman–Crippen MR) is 139 cm³/mol. The lowest BCUT2D eigenvalue weighted by Gasteiger charge is -2.22. The Kier molecular flexibility index (Phi) is 6.71. The third-order valence-electron chi connectivity index (χ3n) is 6.35. The normalized spacial score (nSPS) is 14.6. The number of carbonyl (C=O) groups is 1. The molecular formula is C26H28N6O3S. The molecule has 3 N–H and O–H groups in total. The van der Waals surface area contributed by atoms with Crippen LogP contribution in [0.2, 0.25) is 0 Å². The van der Waals surface area contributed by atoms with Crippen LogP contribution in [0.4, 0.5) is 11.6 Å². The number of nitrogens with zero attached hydrogens (tertiary/aromatic N) is 3. The molecule has 5 rings (SSSR count). The Morgan fingerprint density at radius 2 is 1.75 bits per heavy atom. The second kappa shape index (κ2) is 10.1. The average Bonchev–Trinajstić information content (AvgIpc) is 3.30. The molecule has 4 aromatic rings. The van der Waals surface area contributed by atoms with Crippen LogP contribution >= 0.6 is 0 Å². The molecule has 2 aromatic carbocycles. The van der Waals surface area contributed by atoms with Crippen molar-refractivity contribution in [3.8, 4) is 11.3 Å². The van der Waals surface area contributed by atoms with Crippen molar-refractivity contribution in [3.05, 3.63) is 72.3 Å². The SMILES string of the molecule is CS(=O)(=O)c1ccc(-c2cccc3nc(Nc4ccc(C(=O)NCC5CCNCC5)cc4)nn23)cc1. The van der Waals surface area contributed by atoms with Crippen LogP contribution in [0.5, 0.6) is 0 Å². The lowest BCUT2D eigenvalue weighted by Crippen LogP contribution is -2.35. The van der Waals surface area contributed by atoms with Gasteiger partial charge in [-0.1, -0.05) is 18.2 Å². The number of piperidine rings is 1. The van der Waals surface area contributed by atoms with Crippen molar-refractivity contribution in [2.45, 2.75) is 17.7 Å². The highest BCUT2D eigenvalue weighted by Crippen LogP contribution is 2.24. The maximum absolute atomic E-state index is 12.5. The van der Waals surface area contributed by atoms with Gasteiger partial charge in [0.25, 0.3) is 5.91 Å². The largest absolute Gasteiger partial charge is 0.352 e. The highest BCUT2D eigenvalue weighted by atomic mass is 32.2. The Balaban J connectivity index is 1.28. The number of benzene rings is 2. The molecule has 186 valence electrons. The zero-order valence-corrected chi connectivity index (χ0v) is 20.8. The van der Waals surface area contributed by atoms with Gasteiger partial charge >= 0.3 is 0 Å². The van der Waals surface area contributed by atoms with Gasteiger partial charge < -0.3 is 16.0 Å². The van der Waals surface area contributed by atoms with E-state index in [1.165, 1.54) is 6.26 Å². The van der Waals surface area contributed by atoms with Gasteiger partial charge in [-0.3, -0.25) is 4.79 Å². The van der Waals surface area contributed by atoms with E-state index in [0.717, 1.165) is 42.9 Å². The number of hydrogen-bond acceptors (Lipinski definition) is 7. The fourth-order valence-corrected chi connectivity index (χ4v) is 4.94. The summed E-state index contributed by atoms with van der Waals surface area (Å²) in [6.07, 6.45) is 3.36. The summed E-state index contributed by atoms with van der Waals surface area (Å²) in [6.45, 7) is 2.72. The van der Waals surface area contributed by atoms with Crippen LogP contribution in [0, 0.1) is 5.92 Å². The molecule has 3 heterocycles. The molecular weight excluding hydrogens is 476 g/mol. The van der Waals surface area contributed by atoms with Crippen molar-refractivity contribution in [1.29, 1.82) is 0 Å². The third-order valence-corrected chi connectivity index (χ3v) is 7.48. The van der Waals surface area contributed by atoms with E-state index in [4.69, 9.17) is 0 Å². The van der Waals surface area contributed by atoms with Crippen LogP contribution in [0.3, 0.4) is 0 Å². The molecule has 1 aliphatic rings. The van der Waals surface area contributed by atoms with Gasteiger partial charge in [0.05, 0.1) is 10.6 Å². The number of anilines is 2. The summed E-state index contributed by atoms with van der Waals surface area (Å²) < 4.78 is 25.2. The Hall–Kier alpha value is -3.76. The highest BCUT2D eigenvalue weighted by molar-refractivity contribution is 7.90. The van der Waals surface area contributed by atoms with Crippen molar-refractivity contribution >= 4 is 33.0 Å². The number of fused-ring (bicyclic) bond motifs is 1. The fourth-order valence-electron chi connectivity index (χ4n) is 4.31. The summed E-state index contributed by atoms with van der Waals surface area (Å²) in [7, 11) is -3.26. The summed E-state index contributed by atoms with van der Waals surface area (Å²) in [6, 6.07) is 19.5. The monoisotopic (exact) mass is 504 g/mol. The van der Waals surface area contributed by atoms with Gasteiger partial charge in [0.15, 0.2) is 15.5 Å². The van der Waals surface area contributed by atoms with Crippen LogP contribution in [-0.4, -0.2) is 54.8 Å². The Bertz CT molecular complexity index is 1470. The van der Waals surface area contributed by atoms with Crippen LogP contribution in [-0.2, 0) is 9.84 Å². The maximum Gasteiger partial charge on any atom is 0.251 e. The third kappa shape index (κ3) is 5.39. The van der Waals surface area contributed by atoms with Gasteiger partial charge in [-0.2, -0.15) is 4.98 Å². The van der Waals surface area contributed by atoms with Crippen LogP contribution in [0.15, 0.2) is 71.6 Å². The number of aromatic nitrogens is 3. The van der Waals surface area contributed by atoms with Crippen molar-refractivity contribution < 1.29 is 13.2 Å². The molecule has 1 amide bonds. The molecule has 0 atom stereocenters. The van der Waals surface area contributed by atoms with Gasteiger partial charge in [-0.05, 0) is 80.4 Å². The van der Waals surface area contributed by atoms with Crippen LogP contribution in [0.1, 0.15) is 23.2 Å². The van der Waals surface area contributed by atoms with E-state index in [-0.39, 0.29) is 10.8 Å². The van der Waals surface area contributed by atoms with Crippen LogP contribution in [0.25, 0.3) is 16.9 Å². The zero-order valence-electron chi connectivity index (χ0n) is 19.9. The minimum atomic E-state index is -3.26. The van der Waals surface area contributed by atoms with E-state index in [1.807, 2.05) is 30.3 Å². The van der Waals surface area contributed by atoms with Gasteiger partial charge in [-0.15, -0.1) is 5.10 Å². The molecule has 0 bridgehead atoms. The van der Waals surface area contributed by atoms with E-state index >= 15 is 0 Å². The predicted octanol–water partition coefficient (Wildman–Crippen LogP) is 3.27. The van der Waals surface area contributed by atoms with E-state index in [9.17, 15) is 13.2 Å². The molecule has 1 fully saturated rings. The molecule has 0 unspecified atom stereocenters. The highest BCUT2D eigenvalue weighted by Gasteiger charge is 2.15. The Morgan fingerprint density at radius 3 is 2.44 bits per heavy atom. The first-order chi connectivity index (χ1) is 17.4. The van der Waals surface area contributed by atoms with Crippen molar-refractivity contribution in [2.75, 3.05) is 31.2 Å². The molecule has 0 saturated carbocycles. The van der Waals surface area contributed by atoms with Gasteiger partial charge in [0.2, 0.25) is 5.95 Å². The number of pyridine rings is 1. The smallest absolute Gasteiger partial charge is 0.251 e. The zero-order chi connectivity index (χ0) is 25.1. The first kappa shape index (κ1) is 24.0. The van der Waals surface area contributed by atoms with E-state index < -0.39 is 9.84 Å². The molecule has 9 nitrogen and oxygen atoms in total. The van der Waals surface area contributed by atoms with Crippen molar-refractivity contribution in [2.24, 2.45) is 5.92 Å². The minimum absolute atomic E-state index is 0.0718. The molecule has 2 aromatic heterocycles. The summed E-state index contributed by atoms with van der Waals surface area (Å²) in [4.78, 5) is 17.3. The van der Waals surface area contributed by atoms with Gasteiger partial charge in [-0.25, -0.2) is 12.9 Å². The standard InChI is InChI=1S/C26H28N6O3S/c1-36(34,35)22-11-7-19(8-12-22)23-3-2-4-24-30-26(31-32(23)24)29-21-9-5-20(6-10-21)25(33)28-17-18-13-15-27-16-14-18/h2-12,18,27H,13-17H2,1H3,(H,28,33)(H,29,31). The van der Waals surface area contributed by atoms with E-state index in [0.29, 0.717) is 29.6 Å². The maximum atomic E-state index is 12.5. The summed E-state index contributed by atoms with van der Waals surface area (Å²) in [5.74, 6) is 0.871. The summed E-state index contributed by atoms with van der Waals surface area (Å²) >= 11 is 0. The molecule has 1 saturated heterocycles. The number of carbonyl (C=O) groups excluding carboxylic acids is 1. The van der Waals surface area contributed by atoms with E-state index in [1.54, 1.807) is 40.9 Å². The fraction of sp³-hybridized carbons (Fsp3) is 0.269. The van der Waals surface area contributed by atoms with E-state index in [2.05, 4.69) is 26.0 Å². The van der Waals surface area contributed by atoms with Crippen molar-refractivity contribution in [1.82, 2.24) is 25.2 Å². The number of rotatable bonds is 7. The number of hydrogen-bond donors (Lipinski definition) is 3. The van der Waals surface area contributed by atoms with Crippen molar-refractivity contribution in [3.63, 3.8) is 0 Å². The number of sulfone groups is 1. The average molecular weight is 505 g/mol. The first-order valence-electron chi connectivity index (χ1n) is 11.9. The first-order valence-corrected chi connectivity index (χ1v) is 13.8. The topological polar surface area (TPSA) is 117 Å². The molecule has 10 heteroatoms. The lowest BCUT2D eigenvalue weighted by atomic mass is 9.98. The minimum Gasteiger partial charge on any atom is -0.352 e. The van der Waals surface area contributed by atoms with Gasteiger partial charge in [0, 0.05) is 29.6 Å². The second-order valence-electron chi connectivity index (χ2n) is 9.02. The molecule has 0 aliphatic carbocycles. The number of amides is 1. The van der Waals surface area contributed by atoms with Gasteiger partial charge in [0.1, 0.15) is 0 Å². The molecule has 1 aliphatic heterocycles. The van der Waals surface area contributed by atoms with Crippen LogP contribution < -0.4 is 16.0 Å². The summed E-state index contributed by atoms with van der Waals surface area (Å²) in [5.41, 5.74) is 3.63. The number of nitrogens with one attached hydrogen (secondary N) is 3. The molecule has 36 heavy (non-hydrogen) atoms. The Morgan fingerprint density at radius 1 is 1.03 bits per heavy atom. The Labute approximate surface area is 209 Å².